The molecule has 0 saturated heterocycles. The highest BCUT2D eigenvalue weighted by atomic mass is 19.1. The van der Waals surface area contributed by atoms with Crippen molar-refractivity contribution in [3.05, 3.63) is 29.6 Å². The number of rotatable bonds is 5. The summed E-state index contributed by atoms with van der Waals surface area (Å²) in [4.78, 5) is 2.17. The molecule has 0 spiro atoms. The predicted molar refractivity (Wildman–Crippen MR) is 86.2 cm³/mol. The van der Waals surface area contributed by atoms with E-state index in [2.05, 4.69) is 23.3 Å². The molecular weight excluding hydrogens is 263 g/mol. The van der Waals surface area contributed by atoms with Crippen LogP contribution in [0, 0.1) is 5.82 Å². The fourth-order valence-electron chi connectivity index (χ4n) is 3.34. The van der Waals surface area contributed by atoms with Gasteiger partial charge in [-0.15, -0.1) is 0 Å². The maximum atomic E-state index is 14.4. The van der Waals surface area contributed by atoms with Gasteiger partial charge < -0.3 is 10.2 Å². The van der Waals surface area contributed by atoms with Gasteiger partial charge in [0.25, 0.3) is 0 Å². The Balaban J connectivity index is 1.65. The Hall–Kier alpha value is -1.09. The lowest BCUT2D eigenvalue weighted by Crippen LogP contribution is -2.31. The Morgan fingerprint density at radius 3 is 2.43 bits per heavy atom. The SMILES string of the molecule is CN(c1ccc(CNC2CC2)cc1F)C1CCCCCC1. The van der Waals surface area contributed by atoms with Gasteiger partial charge in [-0.3, -0.25) is 0 Å². The van der Waals surface area contributed by atoms with Crippen molar-refractivity contribution in [1.29, 1.82) is 0 Å². The number of anilines is 1. The number of hydrogen-bond acceptors (Lipinski definition) is 2. The monoisotopic (exact) mass is 290 g/mol. The molecule has 3 rings (SSSR count). The van der Waals surface area contributed by atoms with Gasteiger partial charge in [0.2, 0.25) is 0 Å². The molecule has 0 unspecified atom stereocenters. The van der Waals surface area contributed by atoms with E-state index < -0.39 is 0 Å². The average molecular weight is 290 g/mol. The van der Waals surface area contributed by atoms with Crippen LogP contribution in [0.1, 0.15) is 56.9 Å². The number of halogens is 1. The molecule has 0 atom stereocenters. The van der Waals surface area contributed by atoms with Crippen LogP contribution in [-0.2, 0) is 6.54 Å². The van der Waals surface area contributed by atoms with E-state index in [0.717, 1.165) is 17.8 Å². The summed E-state index contributed by atoms with van der Waals surface area (Å²) in [6.45, 7) is 0.787. The third kappa shape index (κ3) is 3.97. The van der Waals surface area contributed by atoms with Gasteiger partial charge in [-0.2, -0.15) is 0 Å². The van der Waals surface area contributed by atoms with Gasteiger partial charge in [0.1, 0.15) is 5.82 Å². The topological polar surface area (TPSA) is 15.3 Å². The summed E-state index contributed by atoms with van der Waals surface area (Å²) in [6.07, 6.45) is 10.1. The lowest BCUT2D eigenvalue weighted by molar-refractivity contribution is 0.537. The Labute approximate surface area is 127 Å². The number of hydrogen-bond donors (Lipinski definition) is 1. The van der Waals surface area contributed by atoms with E-state index in [1.807, 2.05) is 6.07 Å². The lowest BCUT2D eigenvalue weighted by Gasteiger charge is -2.29. The summed E-state index contributed by atoms with van der Waals surface area (Å²) in [7, 11) is 2.05. The fraction of sp³-hybridized carbons (Fsp3) is 0.667. The third-order valence-corrected chi connectivity index (χ3v) is 4.94. The minimum atomic E-state index is -0.0724. The number of benzene rings is 1. The zero-order valence-corrected chi connectivity index (χ0v) is 13.1. The smallest absolute Gasteiger partial charge is 0.146 e. The van der Waals surface area contributed by atoms with E-state index in [9.17, 15) is 4.39 Å². The van der Waals surface area contributed by atoms with E-state index in [4.69, 9.17) is 0 Å². The van der Waals surface area contributed by atoms with Gasteiger partial charge in [-0.25, -0.2) is 4.39 Å². The van der Waals surface area contributed by atoms with Crippen LogP contribution in [0.15, 0.2) is 18.2 Å². The molecule has 2 aliphatic rings. The molecule has 0 bridgehead atoms. The molecule has 1 aromatic carbocycles. The van der Waals surface area contributed by atoms with Gasteiger partial charge in [0.05, 0.1) is 5.69 Å². The molecule has 3 heteroatoms. The van der Waals surface area contributed by atoms with Crippen molar-refractivity contribution < 1.29 is 4.39 Å². The predicted octanol–water partition coefficient (Wildman–Crippen LogP) is 4.24. The van der Waals surface area contributed by atoms with Crippen molar-refractivity contribution in [2.24, 2.45) is 0 Å². The molecule has 2 aliphatic carbocycles. The quantitative estimate of drug-likeness (QED) is 0.816. The van der Waals surface area contributed by atoms with Crippen molar-refractivity contribution in [2.45, 2.75) is 70.0 Å². The molecule has 1 N–H and O–H groups in total. The molecule has 2 fully saturated rings. The Kier molecular flexibility index (Phi) is 4.79. The molecule has 21 heavy (non-hydrogen) atoms. The minimum Gasteiger partial charge on any atom is -0.369 e. The molecular formula is C18H27FN2. The molecule has 0 amide bonds. The summed E-state index contributed by atoms with van der Waals surface area (Å²) in [5.74, 6) is -0.0724. The molecule has 0 aromatic heterocycles. The Morgan fingerprint density at radius 1 is 1.10 bits per heavy atom. The standard InChI is InChI=1S/C18H27FN2/c1-21(16-6-4-2-3-5-7-16)18-11-8-14(12-17(18)19)13-20-15-9-10-15/h8,11-12,15-16,20H,2-7,9-10,13H2,1H3. The van der Waals surface area contributed by atoms with Crippen LogP contribution in [-0.4, -0.2) is 19.1 Å². The summed E-state index contributed by atoms with van der Waals surface area (Å²) >= 11 is 0. The second kappa shape index (κ2) is 6.78. The number of nitrogens with one attached hydrogen (secondary N) is 1. The molecule has 2 nitrogen and oxygen atoms in total. The van der Waals surface area contributed by atoms with Gasteiger partial charge >= 0.3 is 0 Å². The van der Waals surface area contributed by atoms with Crippen molar-refractivity contribution in [2.75, 3.05) is 11.9 Å². The second-order valence-corrected chi connectivity index (χ2v) is 6.70. The lowest BCUT2D eigenvalue weighted by atomic mass is 10.1. The second-order valence-electron chi connectivity index (χ2n) is 6.70. The van der Waals surface area contributed by atoms with Crippen LogP contribution in [0.4, 0.5) is 10.1 Å². The molecule has 0 radical (unpaired) electrons. The maximum absolute atomic E-state index is 14.4. The van der Waals surface area contributed by atoms with Gasteiger partial charge in [0.15, 0.2) is 0 Å². The zero-order chi connectivity index (χ0) is 14.7. The normalized spacial score (nSPS) is 20.3. The van der Waals surface area contributed by atoms with Crippen LogP contribution in [0.5, 0.6) is 0 Å². The van der Waals surface area contributed by atoms with Gasteiger partial charge in [0, 0.05) is 25.7 Å². The van der Waals surface area contributed by atoms with Crippen molar-refractivity contribution >= 4 is 5.69 Å². The first-order valence-corrected chi connectivity index (χ1v) is 8.48. The average Bonchev–Trinajstić information content (AvgIpc) is 3.31. The van der Waals surface area contributed by atoms with Crippen molar-refractivity contribution in [3.63, 3.8) is 0 Å². The Morgan fingerprint density at radius 2 is 1.81 bits per heavy atom. The highest BCUT2D eigenvalue weighted by Gasteiger charge is 2.21. The van der Waals surface area contributed by atoms with Crippen LogP contribution in [0.2, 0.25) is 0 Å². The largest absolute Gasteiger partial charge is 0.369 e. The van der Waals surface area contributed by atoms with Gasteiger partial charge in [-0.1, -0.05) is 31.7 Å². The van der Waals surface area contributed by atoms with Crippen LogP contribution >= 0.6 is 0 Å². The maximum Gasteiger partial charge on any atom is 0.146 e. The van der Waals surface area contributed by atoms with E-state index in [0.29, 0.717) is 12.1 Å². The van der Waals surface area contributed by atoms with Crippen LogP contribution in [0.25, 0.3) is 0 Å². The fourth-order valence-corrected chi connectivity index (χ4v) is 3.34. The summed E-state index contributed by atoms with van der Waals surface area (Å²) in [5.41, 5.74) is 1.81. The van der Waals surface area contributed by atoms with Crippen molar-refractivity contribution in [1.82, 2.24) is 5.32 Å². The van der Waals surface area contributed by atoms with E-state index in [1.54, 1.807) is 6.07 Å². The highest BCUT2D eigenvalue weighted by Crippen LogP contribution is 2.28. The molecule has 0 aliphatic heterocycles. The first-order valence-electron chi connectivity index (χ1n) is 8.48. The third-order valence-electron chi connectivity index (χ3n) is 4.94. The summed E-state index contributed by atoms with van der Waals surface area (Å²) in [5, 5.41) is 3.44. The molecule has 0 heterocycles. The molecule has 116 valence electrons. The summed E-state index contributed by atoms with van der Waals surface area (Å²) in [6, 6.07) is 6.90. The van der Waals surface area contributed by atoms with Gasteiger partial charge in [-0.05, 0) is 43.4 Å². The highest BCUT2D eigenvalue weighted by molar-refractivity contribution is 5.49. The van der Waals surface area contributed by atoms with Crippen LogP contribution < -0.4 is 10.2 Å². The first kappa shape index (κ1) is 14.8. The Bertz CT molecular complexity index is 462. The zero-order valence-electron chi connectivity index (χ0n) is 13.1. The molecule has 2 saturated carbocycles. The van der Waals surface area contributed by atoms with E-state index >= 15 is 0 Å². The van der Waals surface area contributed by atoms with E-state index in [-0.39, 0.29) is 5.82 Å². The van der Waals surface area contributed by atoms with Crippen LogP contribution in [0.3, 0.4) is 0 Å². The number of nitrogens with zero attached hydrogens (tertiary/aromatic N) is 1. The van der Waals surface area contributed by atoms with Crippen molar-refractivity contribution in [3.8, 4) is 0 Å². The minimum absolute atomic E-state index is 0.0724. The summed E-state index contributed by atoms with van der Waals surface area (Å²) < 4.78 is 14.4. The first-order chi connectivity index (χ1) is 10.2. The molecule has 1 aromatic rings. The van der Waals surface area contributed by atoms with E-state index in [1.165, 1.54) is 51.4 Å².